The lowest BCUT2D eigenvalue weighted by Gasteiger charge is -2.27. The lowest BCUT2D eigenvalue weighted by atomic mass is 9.93. The topological polar surface area (TPSA) is 102 Å². The Labute approximate surface area is 209 Å². The Morgan fingerprint density at radius 1 is 1.19 bits per heavy atom. The van der Waals surface area contributed by atoms with Crippen LogP contribution in [-0.2, 0) is 27.2 Å². The first kappa shape index (κ1) is 23.5. The standard InChI is InChI=1S/C28H27N5O3/c1-18-14-22-20(15-29)10-6-12-23(22)33(18)28-31-26-21(11-7-13-24(26)36-17-25(34)35-2)27(32-28)30-16-19-8-4-3-5-9-19/h3-6,8-10,12,14,24H,7,11,13,16-17H2,1-2H3,(H,30,31,32)/t24-/m0/s1. The fourth-order valence-corrected chi connectivity index (χ4v) is 4.75. The predicted octanol–water partition coefficient (Wildman–Crippen LogP) is 4.78. The minimum atomic E-state index is -0.421. The number of carbonyl (C=O) groups excluding carboxylic acids is 1. The average Bonchev–Trinajstić information content (AvgIpc) is 3.26. The molecule has 1 N–H and O–H groups in total. The van der Waals surface area contributed by atoms with Crippen molar-refractivity contribution >= 4 is 22.7 Å². The number of fused-ring (bicyclic) bond motifs is 2. The lowest BCUT2D eigenvalue weighted by molar-refractivity contribution is -0.148. The number of nitriles is 1. The van der Waals surface area contributed by atoms with E-state index in [2.05, 4.69) is 23.5 Å². The quantitative estimate of drug-likeness (QED) is 0.379. The molecule has 2 aromatic carbocycles. The van der Waals surface area contributed by atoms with Crippen molar-refractivity contribution in [2.75, 3.05) is 19.0 Å². The number of aryl methyl sites for hydroxylation is 1. The molecular formula is C28H27N5O3. The summed E-state index contributed by atoms with van der Waals surface area (Å²) >= 11 is 0. The molecule has 0 spiro atoms. The number of hydrogen-bond donors (Lipinski definition) is 1. The van der Waals surface area contributed by atoms with Gasteiger partial charge < -0.3 is 14.8 Å². The second-order valence-electron chi connectivity index (χ2n) is 8.81. The molecule has 0 aliphatic heterocycles. The van der Waals surface area contributed by atoms with Crippen molar-refractivity contribution in [2.24, 2.45) is 0 Å². The second kappa shape index (κ2) is 10.2. The third-order valence-electron chi connectivity index (χ3n) is 6.51. The van der Waals surface area contributed by atoms with E-state index in [1.54, 1.807) is 0 Å². The van der Waals surface area contributed by atoms with E-state index in [9.17, 15) is 10.1 Å². The number of nitrogens with zero attached hydrogens (tertiary/aromatic N) is 4. The van der Waals surface area contributed by atoms with Crippen molar-refractivity contribution in [3.8, 4) is 12.0 Å². The van der Waals surface area contributed by atoms with Gasteiger partial charge in [-0.25, -0.2) is 9.78 Å². The minimum Gasteiger partial charge on any atom is -0.467 e. The van der Waals surface area contributed by atoms with Crippen LogP contribution in [0.5, 0.6) is 0 Å². The highest BCUT2D eigenvalue weighted by molar-refractivity contribution is 5.88. The molecule has 8 heteroatoms. The summed E-state index contributed by atoms with van der Waals surface area (Å²) in [5, 5.41) is 14.0. The van der Waals surface area contributed by atoms with E-state index in [-0.39, 0.29) is 12.7 Å². The molecule has 2 aromatic heterocycles. The molecular weight excluding hydrogens is 454 g/mol. The third-order valence-corrected chi connectivity index (χ3v) is 6.51. The molecule has 0 unspecified atom stereocenters. The van der Waals surface area contributed by atoms with Gasteiger partial charge in [0, 0.05) is 23.2 Å². The summed E-state index contributed by atoms with van der Waals surface area (Å²) in [4.78, 5) is 21.7. The van der Waals surface area contributed by atoms with Crippen LogP contribution in [0.4, 0.5) is 5.82 Å². The fourth-order valence-electron chi connectivity index (χ4n) is 4.75. The Morgan fingerprint density at radius 2 is 2.03 bits per heavy atom. The smallest absolute Gasteiger partial charge is 0.331 e. The Morgan fingerprint density at radius 3 is 2.81 bits per heavy atom. The average molecular weight is 482 g/mol. The SMILES string of the molecule is COC(=O)CO[C@H]1CCCc2c(NCc3ccccc3)nc(-n3c(C)cc4c(C#N)cccc43)nc21. The summed E-state index contributed by atoms with van der Waals surface area (Å²) < 4.78 is 12.7. The fraction of sp³-hybridized carbons (Fsp3) is 0.286. The van der Waals surface area contributed by atoms with E-state index in [1.807, 2.05) is 54.0 Å². The Kier molecular flexibility index (Phi) is 6.65. The predicted molar refractivity (Wildman–Crippen MR) is 136 cm³/mol. The molecule has 1 aliphatic carbocycles. The van der Waals surface area contributed by atoms with Gasteiger partial charge >= 0.3 is 5.97 Å². The molecule has 0 fully saturated rings. The van der Waals surface area contributed by atoms with Crippen molar-refractivity contribution in [1.29, 1.82) is 5.26 Å². The molecule has 2 heterocycles. The van der Waals surface area contributed by atoms with Crippen LogP contribution in [0.3, 0.4) is 0 Å². The first-order chi connectivity index (χ1) is 17.6. The Hall–Kier alpha value is -4.22. The molecule has 8 nitrogen and oxygen atoms in total. The van der Waals surface area contributed by atoms with Crippen molar-refractivity contribution in [2.45, 2.75) is 38.8 Å². The van der Waals surface area contributed by atoms with Gasteiger partial charge in [0.15, 0.2) is 0 Å². The van der Waals surface area contributed by atoms with Gasteiger partial charge in [-0.05, 0) is 49.9 Å². The molecule has 0 radical (unpaired) electrons. The highest BCUT2D eigenvalue weighted by Gasteiger charge is 2.28. The number of benzene rings is 2. The molecule has 0 amide bonds. The summed E-state index contributed by atoms with van der Waals surface area (Å²) in [5.74, 6) is 0.832. The lowest BCUT2D eigenvalue weighted by Crippen LogP contribution is -2.22. The van der Waals surface area contributed by atoms with Crippen LogP contribution in [0.15, 0.2) is 54.6 Å². The first-order valence-corrected chi connectivity index (χ1v) is 12.0. The molecule has 182 valence electrons. The van der Waals surface area contributed by atoms with Gasteiger partial charge in [-0.1, -0.05) is 36.4 Å². The zero-order valence-electron chi connectivity index (χ0n) is 20.3. The Bertz CT molecular complexity index is 1460. The number of ether oxygens (including phenoxy) is 2. The monoisotopic (exact) mass is 481 g/mol. The van der Waals surface area contributed by atoms with Crippen LogP contribution in [0.25, 0.3) is 16.9 Å². The number of hydrogen-bond acceptors (Lipinski definition) is 7. The van der Waals surface area contributed by atoms with E-state index in [4.69, 9.17) is 19.4 Å². The van der Waals surface area contributed by atoms with Crippen LogP contribution in [0, 0.1) is 18.3 Å². The number of carbonyl (C=O) groups is 1. The van der Waals surface area contributed by atoms with Crippen LogP contribution < -0.4 is 5.32 Å². The summed E-state index contributed by atoms with van der Waals surface area (Å²) in [5.41, 5.74) is 5.31. The molecule has 36 heavy (non-hydrogen) atoms. The van der Waals surface area contributed by atoms with Gasteiger partial charge in [-0.3, -0.25) is 4.57 Å². The van der Waals surface area contributed by atoms with Crippen molar-refractivity contribution in [1.82, 2.24) is 14.5 Å². The van der Waals surface area contributed by atoms with E-state index in [1.165, 1.54) is 7.11 Å². The molecule has 1 atom stereocenters. The van der Waals surface area contributed by atoms with Crippen LogP contribution in [-0.4, -0.2) is 34.2 Å². The summed E-state index contributed by atoms with van der Waals surface area (Å²) in [6.45, 7) is 2.46. The van der Waals surface area contributed by atoms with Crippen LogP contribution in [0.1, 0.15) is 47.0 Å². The van der Waals surface area contributed by atoms with E-state index in [0.717, 1.165) is 58.5 Å². The van der Waals surface area contributed by atoms with Crippen LogP contribution >= 0.6 is 0 Å². The highest BCUT2D eigenvalue weighted by atomic mass is 16.6. The largest absolute Gasteiger partial charge is 0.467 e. The van der Waals surface area contributed by atoms with Gasteiger partial charge in [0.25, 0.3) is 0 Å². The summed E-state index contributed by atoms with van der Waals surface area (Å²) in [6, 6.07) is 20.0. The molecule has 5 rings (SSSR count). The molecule has 4 aromatic rings. The number of esters is 1. The minimum absolute atomic E-state index is 0.135. The van der Waals surface area contributed by atoms with Gasteiger partial charge in [0.2, 0.25) is 5.95 Å². The highest BCUT2D eigenvalue weighted by Crippen LogP contribution is 2.36. The maximum atomic E-state index is 11.8. The van der Waals surface area contributed by atoms with Crippen molar-refractivity contribution in [3.63, 3.8) is 0 Å². The summed E-state index contributed by atoms with van der Waals surface area (Å²) in [7, 11) is 1.35. The van der Waals surface area contributed by atoms with Crippen LogP contribution in [0.2, 0.25) is 0 Å². The number of rotatable bonds is 7. The number of nitrogens with one attached hydrogen (secondary N) is 1. The molecule has 1 aliphatic rings. The van der Waals surface area contributed by atoms with Gasteiger partial charge in [0.1, 0.15) is 18.5 Å². The van der Waals surface area contributed by atoms with Gasteiger partial charge in [0.05, 0.1) is 30.0 Å². The molecule has 0 saturated heterocycles. The van der Waals surface area contributed by atoms with Crippen molar-refractivity contribution < 1.29 is 14.3 Å². The van der Waals surface area contributed by atoms with E-state index in [0.29, 0.717) is 18.1 Å². The zero-order chi connectivity index (χ0) is 25.1. The second-order valence-corrected chi connectivity index (χ2v) is 8.81. The Balaban J connectivity index is 1.62. The number of methoxy groups -OCH3 is 1. The van der Waals surface area contributed by atoms with Gasteiger partial charge in [-0.2, -0.15) is 10.2 Å². The van der Waals surface area contributed by atoms with Gasteiger partial charge in [-0.15, -0.1) is 0 Å². The van der Waals surface area contributed by atoms with Crippen molar-refractivity contribution in [3.05, 3.63) is 82.7 Å². The molecule has 0 bridgehead atoms. The zero-order valence-corrected chi connectivity index (χ0v) is 20.3. The van der Waals surface area contributed by atoms with E-state index >= 15 is 0 Å². The van der Waals surface area contributed by atoms with E-state index < -0.39 is 5.97 Å². The summed E-state index contributed by atoms with van der Waals surface area (Å²) in [6.07, 6.45) is 2.12. The number of aromatic nitrogens is 3. The first-order valence-electron chi connectivity index (χ1n) is 12.0. The maximum Gasteiger partial charge on any atom is 0.331 e. The molecule has 0 saturated carbocycles. The third kappa shape index (κ3) is 4.53. The number of anilines is 1. The maximum absolute atomic E-state index is 11.8. The normalized spacial score (nSPS) is 14.8.